The van der Waals surface area contributed by atoms with Gasteiger partial charge in [-0.15, -0.1) is 0 Å². The molecule has 8 heteroatoms. The SMILES string of the molecule is S=C(NC[C@@H]1CCCO1)N/N=C\c1cc2c(cc1Br)OCO2. The maximum absolute atomic E-state index is 5.52. The zero-order valence-corrected chi connectivity index (χ0v) is 14.2. The van der Waals surface area contributed by atoms with Crippen molar-refractivity contribution in [1.29, 1.82) is 0 Å². The van der Waals surface area contributed by atoms with Crippen molar-refractivity contribution in [3.63, 3.8) is 0 Å². The third-order valence-electron chi connectivity index (χ3n) is 3.38. The van der Waals surface area contributed by atoms with E-state index in [-0.39, 0.29) is 12.9 Å². The molecule has 3 rings (SSSR count). The van der Waals surface area contributed by atoms with E-state index in [9.17, 15) is 0 Å². The number of hydrogen-bond donors (Lipinski definition) is 2. The van der Waals surface area contributed by atoms with Gasteiger partial charge in [0, 0.05) is 23.2 Å². The Morgan fingerprint density at radius 2 is 2.23 bits per heavy atom. The van der Waals surface area contributed by atoms with Crippen LogP contribution in [0.5, 0.6) is 11.5 Å². The first-order chi connectivity index (χ1) is 10.7. The first kappa shape index (κ1) is 15.5. The molecule has 118 valence electrons. The van der Waals surface area contributed by atoms with Crippen LogP contribution in [0.3, 0.4) is 0 Å². The molecule has 0 saturated carbocycles. The largest absolute Gasteiger partial charge is 0.454 e. The second kappa shape index (κ2) is 7.26. The van der Waals surface area contributed by atoms with E-state index in [1.54, 1.807) is 6.21 Å². The van der Waals surface area contributed by atoms with Crippen LogP contribution in [0.1, 0.15) is 18.4 Å². The summed E-state index contributed by atoms with van der Waals surface area (Å²) in [5.74, 6) is 1.44. The molecular formula is C14H16BrN3O3S. The van der Waals surface area contributed by atoms with Gasteiger partial charge in [-0.25, -0.2) is 0 Å². The highest BCUT2D eigenvalue weighted by atomic mass is 79.9. The molecular weight excluding hydrogens is 370 g/mol. The van der Waals surface area contributed by atoms with Gasteiger partial charge in [-0.1, -0.05) is 0 Å². The molecule has 6 nitrogen and oxygen atoms in total. The minimum Gasteiger partial charge on any atom is -0.454 e. The summed E-state index contributed by atoms with van der Waals surface area (Å²) in [4.78, 5) is 0. The molecule has 2 aliphatic rings. The van der Waals surface area contributed by atoms with Crippen molar-refractivity contribution in [3.05, 3.63) is 22.2 Å². The number of nitrogens with one attached hydrogen (secondary N) is 2. The van der Waals surface area contributed by atoms with E-state index in [1.807, 2.05) is 12.1 Å². The summed E-state index contributed by atoms with van der Waals surface area (Å²) < 4.78 is 17.0. The highest BCUT2D eigenvalue weighted by Crippen LogP contribution is 2.36. The molecule has 22 heavy (non-hydrogen) atoms. The smallest absolute Gasteiger partial charge is 0.231 e. The highest BCUT2D eigenvalue weighted by molar-refractivity contribution is 9.10. The van der Waals surface area contributed by atoms with Gasteiger partial charge in [0.05, 0.1) is 12.3 Å². The standard InChI is InChI=1S/C14H16BrN3O3S/c15-11-5-13-12(20-8-21-13)4-9(11)6-17-18-14(22)16-7-10-2-1-3-19-10/h4-6,10H,1-3,7-8H2,(H2,16,18,22)/b17-6-/t10-/m0/s1. The molecule has 1 aromatic rings. The fourth-order valence-electron chi connectivity index (χ4n) is 2.24. The predicted octanol–water partition coefficient (Wildman–Crippen LogP) is 2.15. The van der Waals surface area contributed by atoms with Crippen LogP contribution in [0, 0.1) is 0 Å². The van der Waals surface area contributed by atoms with Crippen LogP contribution >= 0.6 is 28.1 Å². The summed E-state index contributed by atoms with van der Waals surface area (Å²) >= 11 is 8.64. The predicted molar refractivity (Wildman–Crippen MR) is 90.6 cm³/mol. The summed E-state index contributed by atoms with van der Waals surface area (Å²) in [6.45, 7) is 1.79. The van der Waals surface area contributed by atoms with Crippen LogP contribution < -0.4 is 20.2 Å². The van der Waals surface area contributed by atoms with Crippen LogP contribution in [0.2, 0.25) is 0 Å². The molecule has 1 saturated heterocycles. The minimum atomic E-state index is 0.242. The zero-order chi connectivity index (χ0) is 15.4. The van der Waals surface area contributed by atoms with E-state index in [2.05, 4.69) is 31.8 Å². The number of ether oxygens (including phenoxy) is 3. The highest BCUT2D eigenvalue weighted by Gasteiger charge is 2.16. The lowest BCUT2D eigenvalue weighted by atomic mass is 10.2. The number of rotatable bonds is 4. The molecule has 0 unspecified atom stereocenters. The molecule has 1 fully saturated rings. The van der Waals surface area contributed by atoms with Gasteiger partial charge in [0.1, 0.15) is 0 Å². The lowest BCUT2D eigenvalue weighted by Gasteiger charge is -2.11. The lowest BCUT2D eigenvalue weighted by molar-refractivity contribution is 0.114. The van der Waals surface area contributed by atoms with E-state index >= 15 is 0 Å². The van der Waals surface area contributed by atoms with Crippen molar-refractivity contribution in [3.8, 4) is 11.5 Å². The molecule has 0 radical (unpaired) electrons. The maximum atomic E-state index is 5.52. The Labute approximate surface area is 142 Å². The number of nitrogens with zero attached hydrogens (tertiary/aromatic N) is 1. The number of hydrogen-bond acceptors (Lipinski definition) is 5. The fraction of sp³-hybridized carbons (Fsp3) is 0.429. The van der Waals surface area contributed by atoms with E-state index in [0.717, 1.165) is 35.2 Å². The number of halogens is 1. The Balaban J connectivity index is 1.50. The van der Waals surface area contributed by atoms with Gasteiger partial charge >= 0.3 is 0 Å². The van der Waals surface area contributed by atoms with Crippen LogP contribution in [-0.2, 0) is 4.74 Å². The minimum absolute atomic E-state index is 0.242. The van der Waals surface area contributed by atoms with E-state index in [0.29, 0.717) is 17.4 Å². The van der Waals surface area contributed by atoms with Gasteiger partial charge < -0.3 is 19.5 Å². The monoisotopic (exact) mass is 385 g/mol. The second-order valence-corrected chi connectivity index (χ2v) is 6.20. The summed E-state index contributed by atoms with van der Waals surface area (Å²) in [7, 11) is 0. The van der Waals surface area contributed by atoms with Gasteiger partial charge in [-0.05, 0) is 53.1 Å². The first-order valence-electron chi connectivity index (χ1n) is 7.00. The van der Waals surface area contributed by atoms with Gasteiger partial charge in [0.2, 0.25) is 6.79 Å². The number of fused-ring (bicyclic) bond motifs is 1. The van der Waals surface area contributed by atoms with Gasteiger partial charge in [-0.2, -0.15) is 5.10 Å². The molecule has 2 aliphatic heterocycles. The van der Waals surface area contributed by atoms with Gasteiger partial charge in [0.25, 0.3) is 0 Å². The first-order valence-corrected chi connectivity index (χ1v) is 8.20. The maximum Gasteiger partial charge on any atom is 0.231 e. The Hall–Kier alpha value is -1.38. The summed E-state index contributed by atoms with van der Waals surface area (Å²) in [6.07, 6.45) is 4.10. The van der Waals surface area contributed by atoms with Crippen LogP contribution in [-0.4, -0.2) is 37.4 Å². The molecule has 1 aromatic carbocycles. The van der Waals surface area contributed by atoms with E-state index in [1.165, 1.54) is 0 Å². The average Bonchev–Trinajstić information content (AvgIpc) is 3.16. The zero-order valence-electron chi connectivity index (χ0n) is 11.8. The fourth-order valence-corrected chi connectivity index (χ4v) is 2.80. The normalized spacial score (nSPS) is 19.6. The molecule has 0 spiro atoms. The summed E-state index contributed by atoms with van der Waals surface area (Å²) in [5, 5.41) is 7.70. The third-order valence-corrected chi connectivity index (χ3v) is 4.30. The topological polar surface area (TPSA) is 64.1 Å². The van der Waals surface area contributed by atoms with E-state index < -0.39 is 0 Å². The lowest BCUT2D eigenvalue weighted by Crippen LogP contribution is -2.37. The molecule has 2 N–H and O–H groups in total. The van der Waals surface area contributed by atoms with Crippen molar-refractivity contribution in [2.45, 2.75) is 18.9 Å². The number of hydrazone groups is 1. The Bertz CT molecular complexity index is 591. The van der Waals surface area contributed by atoms with Gasteiger partial charge in [-0.3, -0.25) is 5.43 Å². The van der Waals surface area contributed by atoms with Crippen LogP contribution in [0.25, 0.3) is 0 Å². The van der Waals surface area contributed by atoms with E-state index in [4.69, 9.17) is 26.4 Å². The third kappa shape index (κ3) is 3.88. The second-order valence-electron chi connectivity index (χ2n) is 4.94. The molecule has 2 heterocycles. The molecule has 0 bridgehead atoms. The summed E-state index contributed by atoms with van der Waals surface area (Å²) in [6, 6.07) is 3.72. The molecule has 1 atom stereocenters. The summed E-state index contributed by atoms with van der Waals surface area (Å²) in [5.41, 5.74) is 3.67. The Kier molecular flexibility index (Phi) is 5.12. The van der Waals surface area contributed by atoms with Crippen LogP contribution in [0.4, 0.5) is 0 Å². The molecule has 0 amide bonds. The number of thiocarbonyl (C=S) groups is 1. The van der Waals surface area contributed by atoms with Crippen molar-refractivity contribution in [2.75, 3.05) is 19.9 Å². The van der Waals surface area contributed by atoms with Crippen molar-refractivity contribution < 1.29 is 14.2 Å². The van der Waals surface area contributed by atoms with Gasteiger partial charge in [0.15, 0.2) is 16.6 Å². The van der Waals surface area contributed by atoms with Crippen LogP contribution in [0.15, 0.2) is 21.7 Å². The Morgan fingerprint density at radius 1 is 1.41 bits per heavy atom. The molecule has 0 aromatic heterocycles. The Morgan fingerprint density at radius 3 is 3.00 bits per heavy atom. The van der Waals surface area contributed by atoms with Crippen molar-refractivity contribution in [2.24, 2.45) is 5.10 Å². The number of benzene rings is 1. The quantitative estimate of drug-likeness (QED) is 0.470. The molecule has 0 aliphatic carbocycles. The van der Waals surface area contributed by atoms with Crippen molar-refractivity contribution in [1.82, 2.24) is 10.7 Å². The average molecular weight is 386 g/mol. The van der Waals surface area contributed by atoms with Crippen molar-refractivity contribution >= 4 is 39.5 Å².